The summed E-state index contributed by atoms with van der Waals surface area (Å²) in [5.74, 6) is 0.367. The number of sulfonamides is 1. The maximum atomic E-state index is 12.9. The minimum absolute atomic E-state index is 0.000612. The molecule has 0 unspecified atom stereocenters. The summed E-state index contributed by atoms with van der Waals surface area (Å²) in [4.78, 5) is 12.4. The van der Waals surface area contributed by atoms with Gasteiger partial charge in [0.25, 0.3) is 15.9 Å². The number of anilines is 2. The first-order valence-electron chi connectivity index (χ1n) is 8.65. The van der Waals surface area contributed by atoms with E-state index >= 15 is 0 Å². The van der Waals surface area contributed by atoms with E-state index in [1.54, 1.807) is 48.5 Å². The summed E-state index contributed by atoms with van der Waals surface area (Å²) in [6.45, 7) is 0. The molecular formula is C21H20N2O5S. The van der Waals surface area contributed by atoms with Gasteiger partial charge in [0.05, 0.1) is 30.5 Å². The summed E-state index contributed by atoms with van der Waals surface area (Å²) in [6, 6.07) is 19.5. The van der Waals surface area contributed by atoms with Gasteiger partial charge >= 0.3 is 0 Å². The van der Waals surface area contributed by atoms with E-state index in [1.165, 1.54) is 32.4 Å². The fraction of sp³-hybridized carbons (Fsp3) is 0.0952. The molecule has 0 aromatic heterocycles. The van der Waals surface area contributed by atoms with Crippen LogP contribution < -0.4 is 19.5 Å². The first kappa shape index (κ1) is 20.2. The zero-order valence-corrected chi connectivity index (χ0v) is 16.7. The van der Waals surface area contributed by atoms with Gasteiger partial charge < -0.3 is 14.8 Å². The topological polar surface area (TPSA) is 93.7 Å². The van der Waals surface area contributed by atoms with Crippen LogP contribution in [-0.4, -0.2) is 28.5 Å². The Morgan fingerprint density at radius 2 is 1.41 bits per heavy atom. The number of rotatable bonds is 7. The van der Waals surface area contributed by atoms with E-state index in [1.807, 2.05) is 6.07 Å². The lowest BCUT2D eigenvalue weighted by Crippen LogP contribution is -2.17. The maximum absolute atomic E-state index is 12.9. The summed E-state index contributed by atoms with van der Waals surface area (Å²) in [7, 11) is -1.04. The minimum atomic E-state index is -3.93. The second-order valence-electron chi connectivity index (χ2n) is 5.99. The molecule has 0 bridgehead atoms. The highest BCUT2D eigenvalue weighted by Gasteiger charge is 2.19. The summed E-state index contributed by atoms with van der Waals surface area (Å²) in [5, 5.41) is 2.73. The molecule has 0 aliphatic carbocycles. The van der Waals surface area contributed by atoms with Crippen molar-refractivity contribution in [1.29, 1.82) is 0 Å². The van der Waals surface area contributed by atoms with Crippen molar-refractivity contribution in [2.75, 3.05) is 24.3 Å². The van der Waals surface area contributed by atoms with E-state index in [0.717, 1.165) is 0 Å². The fourth-order valence-electron chi connectivity index (χ4n) is 2.65. The number of nitrogens with one attached hydrogen (secondary N) is 2. The van der Waals surface area contributed by atoms with Crippen molar-refractivity contribution in [3.8, 4) is 11.5 Å². The molecule has 3 aromatic rings. The van der Waals surface area contributed by atoms with Crippen LogP contribution in [-0.2, 0) is 10.0 Å². The summed E-state index contributed by atoms with van der Waals surface area (Å²) >= 11 is 0. The largest absolute Gasteiger partial charge is 0.493 e. The Kier molecular flexibility index (Phi) is 6.04. The molecular weight excluding hydrogens is 392 g/mol. The Labute approximate surface area is 169 Å². The van der Waals surface area contributed by atoms with E-state index in [0.29, 0.717) is 22.7 Å². The number of ether oxygens (including phenoxy) is 2. The highest BCUT2D eigenvalue weighted by atomic mass is 32.2. The van der Waals surface area contributed by atoms with Gasteiger partial charge in [-0.05, 0) is 36.4 Å². The lowest BCUT2D eigenvalue weighted by molar-refractivity contribution is 0.102. The number of carbonyl (C=O) groups is 1. The fourth-order valence-corrected chi connectivity index (χ4v) is 3.75. The molecule has 0 saturated carbocycles. The van der Waals surface area contributed by atoms with Crippen LogP contribution in [0, 0.1) is 0 Å². The standard InChI is InChI=1S/C21H20N2O5S/c1-27-19-13-12-16(14-20(19)28-2)29(25,26)23-18-11-7-6-10-17(18)22-21(24)15-8-4-3-5-9-15/h3-14,23H,1-2H3,(H,22,24). The van der Waals surface area contributed by atoms with Gasteiger partial charge in [-0.2, -0.15) is 0 Å². The van der Waals surface area contributed by atoms with Crippen molar-refractivity contribution in [3.63, 3.8) is 0 Å². The molecule has 2 N–H and O–H groups in total. The van der Waals surface area contributed by atoms with Crippen LogP contribution in [0.5, 0.6) is 11.5 Å². The molecule has 29 heavy (non-hydrogen) atoms. The predicted molar refractivity (Wildman–Crippen MR) is 111 cm³/mol. The zero-order chi connectivity index (χ0) is 20.9. The molecule has 1 amide bonds. The number of para-hydroxylation sites is 2. The Bertz CT molecular complexity index is 1110. The highest BCUT2D eigenvalue weighted by molar-refractivity contribution is 7.92. The van der Waals surface area contributed by atoms with E-state index in [4.69, 9.17) is 9.47 Å². The van der Waals surface area contributed by atoms with Crippen LogP contribution in [0.2, 0.25) is 0 Å². The number of hydrogen-bond acceptors (Lipinski definition) is 5. The average Bonchev–Trinajstić information content (AvgIpc) is 2.75. The van der Waals surface area contributed by atoms with Crippen LogP contribution in [0.25, 0.3) is 0 Å². The van der Waals surface area contributed by atoms with E-state index in [-0.39, 0.29) is 16.5 Å². The van der Waals surface area contributed by atoms with Crippen molar-refractivity contribution in [2.45, 2.75) is 4.90 Å². The Morgan fingerprint density at radius 3 is 2.07 bits per heavy atom. The summed E-state index contributed by atoms with van der Waals surface area (Å²) in [6.07, 6.45) is 0. The van der Waals surface area contributed by atoms with E-state index in [9.17, 15) is 13.2 Å². The molecule has 0 saturated heterocycles. The zero-order valence-electron chi connectivity index (χ0n) is 15.9. The van der Waals surface area contributed by atoms with Crippen LogP contribution in [0.1, 0.15) is 10.4 Å². The predicted octanol–water partition coefficient (Wildman–Crippen LogP) is 3.76. The first-order chi connectivity index (χ1) is 13.9. The Hall–Kier alpha value is -3.52. The van der Waals surface area contributed by atoms with Gasteiger partial charge in [0, 0.05) is 11.6 Å². The molecule has 0 aliphatic heterocycles. The lowest BCUT2D eigenvalue weighted by atomic mass is 10.2. The third-order valence-corrected chi connectivity index (χ3v) is 5.48. The second-order valence-corrected chi connectivity index (χ2v) is 7.67. The highest BCUT2D eigenvalue weighted by Crippen LogP contribution is 2.31. The minimum Gasteiger partial charge on any atom is -0.493 e. The first-order valence-corrected chi connectivity index (χ1v) is 10.1. The summed E-state index contributed by atoms with van der Waals surface area (Å²) < 4.78 is 38.5. The number of methoxy groups -OCH3 is 2. The molecule has 8 heteroatoms. The third-order valence-electron chi connectivity index (χ3n) is 4.12. The van der Waals surface area contributed by atoms with Crippen LogP contribution >= 0.6 is 0 Å². The number of amides is 1. The monoisotopic (exact) mass is 412 g/mol. The van der Waals surface area contributed by atoms with Crippen molar-refractivity contribution in [2.24, 2.45) is 0 Å². The SMILES string of the molecule is COc1ccc(S(=O)(=O)Nc2ccccc2NC(=O)c2ccccc2)cc1OC. The molecule has 0 spiro atoms. The normalized spacial score (nSPS) is 10.8. The molecule has 150 valence electrons. The lowest BCUT2D eigenvalue weighted by Gasteiger charge is -2.15. The molecule has 0 atom stereocenters. The quantitative estimate of drug-likeness (QED) is 0.616. The van der Waals surface area contributed by atoms with E-state index in [2.05, 4.69) is 10.0 Å². The molecule has 0 aliphatic rings. The molecule has 0 radical (unpaired) electrons. The average molecular weight is 412 g/mol. The van der Waals surface area contributed by atoms with Gasteiger partial charge in [-0.25, -0.2) is 8.42 Å². The molecule has 7 nitrogen and oxygen atoms in total. The van der Waals surface area contributed by atoms with Gasteiger partial charge in [-0.15, -0.1) is 0 Å². The second kappa shape index (κ2) is 8.66. The smallest absolute Gasteiger partial charge is 0.262 e. The van der Waals surface area contributed by atoms with Crippen molar-refractivity contribution < 1.29 is 22.7 Å². The van der Waals surface area contributed by atoms with Gasteiger partial charge in [0.2, 0.25) is 0 Å². The van der Waals surface area contributed by atoms with Crippen molar-refractivity contribution in [1.82, 2.24) is 0 Å². The molecule has 0 fully saturated rings. The molecule has 3 aromatic carbocycles. The molecule has 3 rings (SSSR count). The van der Waals surface area contributed by atoms with Crippen LogP contribution in [0.4, 0.5) is 11.4 Å². The van der Waals surface area contributed by atoms with Gasteiger partial charge in [0.15, 0.2) is 11.5 Å². The van der Waals surface area contributed by atoms with E-state index < -0.39 is 10.0 Å². The summed E-state index contributed by atoms with van der Waals surface area (Å²) in [5.41, 5.74) is 1.04. The number of benzene rings is 3. The Balaban J connectivity index is 1.88. The van der Waals surface area contributed by atoms with Crippen molar-refractivity contribution in [3.05, 3.63) is 78.4 Å². The molecule has 0 heterocycles. The van der Waals surface area contributed by atoms with Crippen LogP contribution in [0.3, 0.4) is 0 Å². The maximum Gasteiger partial charge on any atom is 0.262 e. The van der Waals surface area contributed by atoms with Crippen LogP contribution in [0.15, 0.2) is 77.7 Å². The van der Waals surface area contributed by atoms with Gasteiger partial charge in [0.1, 0.15) is 0 Å². The van der Waals surface area contributed by atoms with Gasteiger partial charge in [-0.1, -0.05) is 30.3 Å². The third kappa shape index (κ3) is 4.67. The van der Waals surface area contributed by atoms with Gasteiger partial charge in [-0.3, -0.25) is 9.52 Å². The Morgan fingerprint density at radius 1 is 0.793 bits per heavy atom. The number of hydrogen-bond donors (Lipinski definition) is 2. The van der Waals surface area contributed by atoms with Crippen molar-refractivity contribution >= 4 is 27.3 Å². The number of carbonyl (C=O) groups excluding carboxylic acids is 1.